The Balaban J connectivity index is 3.93. The van der Waals surface area contributed by atoms with Crippen molar-refractivity contribution in [3.05, 3.63) is 0 Å². The largest absolute Gasteiger partial charge is 0.480 e. The van der Waals surface area contributed by atoms with Crippen LogP contribution in [0.25, 0.3) is 0 Å². The molecule has 2 N–H and O–H groups in total. The molecule has 0 aromatic carbocycles. The van der Waals surface area contributed by atoms with Crippen LogP contribution in [0.5, 0.6) is 0 Å². The number of halogens is 1. The highest BCUT2D eigenvalue weighted by molar-refractivity contribution is 9.09. The number of nitrogens with one attached hydrogen (secondary N) is 1. The van der Waals surface area contributed by atoms with Crippen LogP contribution in [-0.4, -0.2) is 28.4 Å². The molecule has 0 saturated heterocycles. The van der Waals surface area contributed by atoms with Crippen molar-refractivity contribution in [2.45, 2.75) is 45.1 Å². The van der Waals surface area contributed by atoms with Crippen LogP contribution in [0.1, 0.15) is 39.0 Å². The highest BCUT2D eigenvalue weighted by Crippen LogP contribution is 2.02. The van der Waals surface area contributed by atoms with Gasteiger partial charge in [-0.3, -0.25) is 4.79 Å². The second-order valence-electron chi connectivity index (χ2n) is 3.39. The van der Waals surface area contributed by atoms with Crippen molar-refractivity contribution in [2.24, 2.45) is 0 Å². The number of carboxylic acid groups (broad SMARTS) is 1. The van der Waals surface area contributed by atoms with Crippen LogP contribution >= 0.6 is 15.9 Å². The fourth-order valence-corrected chi connectivity index (χ4v) is 1.44. The lowest BCUT2D eigenvalue weighted by Crippen LogP contribution is -2.40. The number of unbranched alkanes of at least 4 members (excludes halogenated alkanes) is 1. The van der Waals surface area contributed by atoms with Crippen LogP contribution in [0, 0.1) is 0 Å². The van der Waals surface area contributed by atoms with Crippen LogP contribution < -0.4 is 5.32 Å². The van der Waals surface area contributed by atoms with Crippen molar-refractivity contribution in [1.29, 1.82) is 0 Å². The van der Waals surface area contributed by atoms with E-state index >= 15 is 0 Å². The summed E-state index contributed by atoms with van der Waals surface area (Å²) in [4.78, 5) is 22.1. The number of carbonyl (C=O) groups excluding carboxylic acids is 1. The molecule has 4 nitrogen and oxygen atoms in total. The molecule has 1 amide bonds. The van der Waals surface area contributed by atoms with Gasteiger partial charge < -0.3 is 10.4 Å². The van der Waals surface area contributed by atoms with Gasteiger partial charge in [0.25, 0.3) is 0 Å². The van der Waals surface area contributed by atoms with Gasteiger partial charge in [0.15, 0.2) is 0 Å². The molecule has 0 aromatic rings. The number of carboxylic acids is 1. The first kappa shape index (κ1) is 14.4. The molecule has 0 fully saturated rings. The maximum atomic E-state index is 11.3. The van der Waals surface area contributed by atoms with Crippen molar-refractivity contribution >= 4 is 27.8 Å². The van der Waals surface area contributed by atoms with E-state index in [-0.39, 0.29) is 5.91 Å². The van der Waals surface area contributed by atoms with Gasteiger partial charge in [-0.15, -0.1) is 0 Å². The Morgan fingerprint density at radius 3 is 2.53 bits per heavy atom. The van der Waals surface area contributed by atoms with Gasteiger partial charge in [0.1, 0.15) is 6.04 Å². The molecule has 0 bridgehead atoms. The minimum absolute atomic E-state index is 0.182. The zero-order chi connectivity index (χ0) is 11.7. The van der Waals surface area contributed by atoms with Gasteiger partial charge in [-0.05, 0) is 12.8 Å². The highest BCUT2D eigenvalue weighted by Gasteiger charge is 2.18. The van der Waals surface area contributed by atoms with Gasteiger partial charge in [0.05, 0.1) is 0 Å². The molecule has 5 heteroatoms. The van der Waals surface area contributed by atoms with Crippen LogP contribution in [0.4, 0.5) is 0 Å². The van der Waals surface area contributed by atoms with E-state index in [0.29, 0.717) is 12.8 Å². The van der Waals surface area contributed by atoms with Crippen LogP contribution in [0.2, 0.25) is 0 Å². The van der Waals surface area contributed by atoms with Crippen LogP contribution in [-0.2, 0) is 9.59 Å². The van der Waals surface area contributed by atoms with Crippen molar-refractivity contribution < 1.29 is 14.7 Å². The number of hydrogen-bond acceptors (Lipinski definition) is 2. The first-order valence-corrected chi connectivity index (χ1v) is 6.32. The number of aliphatic carboxylic acids is 1. The van der Waals surface area contributed by atoms with Crippen molar-refractivity contribution in [3.8, 4) is 0 Å². The molecule has 0 spiro atoms. The van der Waals surface area contributed by atoms with Crippen molar-refractivity contribution in [3.63, 3.8) is 0 Å². The number of rotatable bonds is 8. The predicted molar refractivity (Wildman–Crippen MR) is 62.1 cm³/mol. The average molecular weight is 280 g/mol. The standard InChI is InChI=1S/C10H18BrNO3/c1-2-3-5-8(10(14)15)12-9(13)6-4-7-11/h8H,2-7H2,1H3,(H,12,13)(H,14,15). The summed E-state index contributed by atoms with van der Waals surface area (Å²) in [5.74, 6) is -1.13. The molecule has 0 aliphatic carbocycles. The molecule has 0 heterocycles. The lowest BCUT2D eigenvalue weighted by Gasteiger charge is -2.13. The summed E-state index contributed by atoms with van der Waals surface area (Å²) in [6, 6.07) is -0.729. The van der Waals surface area contributed by atoms with E-state index in [1.54, 1.807) is 0 Å². The Morgan fingerprint density at radius 1 is 1.40 bits per heavy atom. The normalized spacial score (nSPS) is 12.1. The topological polar surface area (TPSA) is 66.4 Å². The Hall–Kier alpha value is -0.580. The Kier molecular flexibility index (Phi) is 8.37. The van der Waals surface area contributed by atoms with Crippen LogP contribution in [0.3, 0.4) is 0 Å². The zero-order valence-electron chi connectivity index (χ0n) is 8.96. The van der Waals surface area contributed by atoms with Gasteiger partial charge in [0, 0.05) is 11.8 Å². The lowest BCUT2D eigenvalue weighted by atomic mass is 10.1. The average Bonchev–Trinajstić information content (AvgIpc) is 2.20. The van der Waals surface area contributed by atoms with E-state index in [4.69, 9.17) is 5.11 Å². The molecule has 0 aliphatic heterocycles. The van der Waals surface area contributed by atoms with E-state index in [9.17, 15) is 9.59 Å². The minimum Gasteiger partial charge on any atom is -0.480 e. The Morgan fingerprint density at radius 2 is 2.07 bits per heavy atom. The summed E-state index contributed by atoms with van der Waals surface area (Å²) >= 11 is 3.22. The maximum absolute atomic E-state index is 11.3. The van der Waals surface area contributed by atoms with Gasteiger partial charge in [-0.25, -0.2) is 4.79 Å². The Labute approximate surface area is 98.6 Å². The van der Waals surface area contributed by atoms with E-state index in [2.05, 4.69) is 21.2 Å². The molecule has 0 rings (SSSR count). The fourth-order valence-electron chi connectivity index (χ4n) is 1.16. The molecule has 1 atom stereocenters. The molecule has 0 aliphatic rings. The molecule has 0 saturated carbocycles. The zero-order valence-corrected chi connectivity index (χ0v) is 10.5. The molecule has 1 unspecified atom stereocenters. The maximum Gasteiger partial charge on any atom is 0.326 e. The smallest absolute Gasteiger partial charge is 0.326 e. The summed E-state index contributed by atoms with van der Waals surface area (Å²) in [5.41, 5.74) is 0. The summed E-state index contributed by atoms with van der Waals surface area (Å²) < 4.78 is 0. The SMILES string of the molecule is CCCCC(NC(=O)CCCBr)C(=O)O. The fraction of sp³-hybridized carbons (Fsp3) is 0.800. The van der Waals surface area contributed by atoms with Gasteiger partial charge in [-0.1, -0.05) is 35.7 Å². The van der Waals surface area contributed by atoms with Crippen LogP contribution in [0.15, 0.2) is 0 Å². The third-order valence-corrected chi connectivity index (χ3v) is 2.58. The highest BCUT2D eigenvalue weighted by atomic mass is 79.9. The second kappa shape index (κ2) is 8.71. The van der Waals surface area contributed by atoms with Gasteiger partial charge in [0.2, 0.25) is 5.91 Å². The molecule has 0 radical (unpaired) electrons. The summed E-state index contributed by atoms with van der Waals surface area (Å²) in [6.07, 6.45) is 3.36. The quantitative estimate of drug-likeness (QED) is 0.667. The molecule has 0 aromatic heterocycles. The first-order valence-electron chi connectivity index (χ1n) is 5.20. The van der Waals surface area contributed by atoms with E-state index in [1.165, 1.54) is 0 Å². The predicted octanol–water partition coefficient (Wildman–Crippen LogP) is 1.92. The third-order valence-electron chi connectivity index (χ3n) is 2.02. The number of hydrogen-bond donors (Lipinski definition) is 2. The Bertz CT molecular complexity index is 209. The summed E-state index contributed by atoms with van der Waals surface area (Å²) in [7, 11) is 0. The number of alkyl halides is 1. The lowest BCUT2D eigenvalue weighted by molar-refractivity contribution is -0.142. The minimum atomic E-state index is -0.948. The molecule has 15 heavy (non-hydrogen) atoms. The number of amides is 1. The van der Waals surface area contributed by atoms with E-state index in [1.807, 2.05) is 6.92 Å². The monoisotopic (exact) mass is 279 g/mol. The molecular weight excluding hydrogens is 262 g/mol. The van der Waals surface area contributed by atoms with E-state index < -0.39 is 12.0 Å². The van der Waals surface area contributed by atoms with E-state index in [0.717, 1.165) is 24.6 Å². The number of carbonyl (C=O) groups is 2. The van der Waals surface area contributed by atoms with Crippen molar-refractivity contribution in [1.82, 2.24) is 5.32 Å². The first-order chi connectivity index (χ1) is 7.11. The third kappa shape index (κ3) is 7.36. The molecular formula is C10H18BrNO3. The second-order valence-corrected chi connectivity index (χ2v) is 4.19. The van der Waals surface area contributed by atoms with Gasteiger partial charge in [-0.2, -0.15) is 0 Å². The van der Waals surface area contributed by atoms with Crippen molar-refractivity contribution in [2.75, 3.05) is 5.33 Å². The molecule has 88 valence electrons. The summed E-state index contributed by atoms with van der Waals surface area (Å²) in [6.45, 7) is 1.99. The summed E-state index contributed by atoms with van der Waals surface area (Å²) in [5, 5.41) is 12.1. The van der Waals surface area contributed by atoms with Gasteiger partial charge >= 0.3 is 5.97 Å².